The van der Waals surface area contributed by atoms with E-state index in [0.29, 0.717) is 31.6 Å². The van der Waals surface area contributed by atoms with Crippen LogP contribution in [0, 0.1) is 23.7 Å². The van der Waals surface area contributed by atoms with Gasteiger partial charge >= 0.3 is 39.5 Å². The predicted octanol–water partition coefficient (Wildman–Crippen LogP) is 19.7. The van der Waals surface area contributed by atoms with Crippen LogP contribution in [0.15, 0.2) is 0 Å². The third-order valence-corrected chi connectivity index (χ3v) is 18.7. The molecular formula is C70H136O17P2. The number of aliphatic hydroxyl groups is 1. The van der Waals surface area contributed by atoms with E-state index < -0.39 is 97.5 Å². The molecule has 0 fully saturated rings. The first kappa shape index (κ1) is 87.1. The molecule has 0 spiro atoms. The predicted molar refractivity (Wildman–Crippen MR) is 358 cm³/mol. The van der Waals surface area contributed by atoms with Crippen LogP contribution in [0.25, 0.3) is 0 Å². The van der Waals surface area contributed by atoms with Gasteiger partial charge in [0.15, 0.2) is 12.2 Å². The number of aliphatic hydroxyl groups excluding tert-OH is 1. The average Bonchev–Trinajstić information content (AvgIpc) is 3.64. The highest BCUT2D eigenvalue weighted by molar-refractivity contribution is 7.47. The zero-order valence-electron chi connectivity index (χ0n) is 58.1. The van der Waals surface area contributed by atoms with Gasteiger partial charge < -0.3 is 33.8 Å². The van der Waals surface area contributed by atoms with Crippen LogP contribution >= 0.6 is 15.6 Å². The molecule has 0 amide bonds. The molecule has 0 radical (unpaired) electrons. The van der Waals surface area contributed by atoms with Crippen molar-refractivity contribution >= 4 is 39.5 Å². The highest BCUT2D eigenvalue weighted by Gasteiger charge is 2.30. The van der Waals surface area contributed by atoms with Crippen LogP contribution in [-0.4, -0.2) is 96.7 Å². The SMILES string of the molecule is CCC(C)CCCCCCCCCCCCCCCCC(=O)OC[C@H](COP(=O)(O)OCC(O)COP(=O)(O)OC[C@@H](COC(=O)CCCCCCCCCC(C)C)OC(=O)CCCCCCCCC(C)CC)OC(=O)CCCCCCCCCCC(C)C. The minimum atomic E-state index is -4.95. The highest BCUT2D eigenvalue weighted by Crippen LogP contribution is 2.45. The molecule has 0 aromatic carbocycles. The molecule has 0 heterocycles. The second-order valence-electron chi connectivity index (χ2n) is 26.7. The molecule has 0 aliphatic carbocycles. The van der Waals surface area contributed by atoms with Crippen molar-refractivity contribution in [2.24, 2.45) is 23.7 Å². The summed E-state index contributed by atoms with van der Waals surface area (Å²) in [4.78, 5) is 72.5. The smallest absolute Gasteiger partial charge is 0.462 e. The number of carbonyl (C=O) groups is 4. The molecular weight excluding hydrogens is 1170 g/mol. The van der Waals surface area contributed by atoms with Crippen molar-refractivity contribution in [3.05, 3.63) is 0 Å². The molecule has 0 aliphatic rings. The average molecular weight is 1310 g/mol. The summed E-state index contributed by atoms with van der Waals surface area (Å²) in [7, 11) is -9.90. The first-order chi connectivity index (χ1) is 42.7. The number of esters is 4. The van der Waals surface area contributed by atoms with E-state index in [9.17, 15) is 43.2 Å². The van der Waals surface area contributed by atoms with Gasteiger partial charge in [-0.1, -0.05) is 293 Å². The summed E-state index contributed by atoms with van der Waals surface area (Å²) < 4.78 is 68.2. The standard InChI is InChI=1S/C70H136O17P2/c1-9-62(7)48-40-32-24-17-15-13-11-12-14-16-18-25-34-42-50-67(72)80-56-65(86-69(74)52-44-36-26-20-19-22-30-38-46-60(3)4)58-84-88(76,77)82-54-64(71)55-83-89(78,79)85-59-66(87-70(75)53-45-37-29-28-33-41-49-63(8)10-2)57-81-68(73)51-43-35-27-21-23-31-39-47-61(5)6/h60-66,71H,9-59H2,1-8H3,(H,76,77)(H,78,79)/t62?,63?,64?,65-,66-/m1/s1. The Morgan fingerprint density at radius 2 is 0.539 bits per heavy atom. The first-order valence-electron chi connectivity index (χ1n) is 36.3. The number of hydrogen-bond acceptors (Lipinski definition) is 15. The second-order valence-corrected chi connectivity index (χ2v) is 29.6. The molecule has 0 aliphatic heterocycles. The van der Waals surface area contributed by atoms with Gasteiger partial charge in [-0.05, 0) is 49.4 Å². The maximum Gasteiger partial charge on any atom is 0.472 e. The number of hydrogen-bond donors (Lipinski definition) is 3. The fourth-order valence-electron chi connectivity index (χ4n) is 10.4. The lowest BCUT2D eigenvalue weighted by Crippen LogP contribution is -2.30. The molecule has 0 saturated carbocycles. The van der Waals surface area contributed by atoms with Gasteiger partial charge in [0.25, 0.3) is 0 Å². The van der Waals surface area contributed by atoms with Gasteiger partial charge in [0.1, 0.15) is 19.3 Å². The molecule has 5 unspecified atom stereocenters. The van der Waals surface area contributed by atoms with Gasteiger partial charge in [-0.2, -0.15) is 0 Å². The summed E-state index contributed by atoms with van der Waals surface area (Å²) in [6.45, 7) is 14.1. The third-order valence-electron chi connectivity index (χ3n) is 16.8. The lowest BCUT2D eigenvalue weighted by Gasteiger charge is -2.21. The van der Waals surface area contributed by atoms with E-state index in [0.717, 1.165) is 114 Å². The summed E-state index contributed by atoms with van der Waals surface area (Å²) in [5.41, 5.74) is 0. The van der Waals surface area contributed by atoms with E-state index in [-0.39, 0.29) is 25.7 Å². The van der Waals surface area contributed by atoms with Crippen LogP contribution < -0.4 is 0 Å². The molecule has 19 heteroatoms. The molecule has 0 aromatic rings. The maximum absolute atomic E-state index is 13.0. The molecule has 7 atom stereocenters. The number of phosphoric acid groups is 2. The molecule has 0 saturated heterocycles. The molecule has 0 bridgehead atoms. The van der Waals surface area contributed by atoms with Crippen LogP contribution in [0.4, 0.5) is 0 Å². The minimum absolute atomic E-state index is 0.102. The fourth-order valence-corrected chi connectivity index (χ4v) is 12.0. The van der Waals surface area contributed by atoms with Gasteiger partial charge in [0.05, 0.1) is 26.4 Å². The van der Waals surface area contributed by atoms with E-state index in [2.05, 4.69) is 55.4 Å². The number of carbonyl (C=O) groups excluding carboxylic acids is 4. The second kappa shape index (κ2) is 59.8. The topological polar surface area (TPSA) is 237 Å². The lowest BCUT2D eigenvalue weighted by molar-refractivity contribution is -0.161. The van der Waals surface area contributed by atoms with E-state index in [1.807, 2.05) is 0 Å². The Morgan fingerprint density at radius 1 is 0.315 bits per heavy atom. The van der Waals surface area contributed by atoms with Crippen molar-refractivity contribution in [3.63, 3.8) is 0 Å². The Hall–Kier alpha value is -1.94. The van der Waals surface area contributed by atoms with Crippen molar-refractivity contribution in [1.29, 1.82) is 0 Å². The van der Waals surface area contributed by atoms with Crippen LogP contribution in [0.3, 0.4) is 0 Å². The number of ether oxygens (including phenoxy) is 4. The highest BCUT2D eigenvalue weighted by atomic mass is 31.2. The van der Waals surface area contributed by atoms with Gasteiger partial charge in [0.2, 0.25) is 0 Å². The van der Waals surface area contributed by atoms with Crippen LogP contribution in [0.2, 0.25) is 0 Å². The van der Waals surface area contributed by atoms with E-state index >= 15 is 0 Å². The fraction of sp³-hybridized carbons (Fsp3) is 0.943. The van der Waals surface area contributed by atoms with Crippen molar-refractivity contribution in [2.75, 3.05) is 39.6 Å². The summed E-state index contributed by atoms with van der Waals surface area (Å²) in [5, 5.41) is 10.6. The monoisotopic (exact) mass is 1310 g/mol. The zero-order chi connectivity index (χ0) is 66.1. The number of rotatable bonds is 67. The Bertz CT molecular complexity index is 1770. The first-order valence-corrected chi connectivity index (χ1v) is 39.3. The van der Waals surface area contributed by atoms with E-state index in [1.165, 1.54) is 141 Å². The van der Waals surface area contributed by atoms with Gasteiger partial charge in [-0.25, -0.2) is 9.13 Å². The Balaban J connectivity index is 5.20. The quantitative estimate of drug-likeness (QED) is 0.0222. The van der Waals surface area contributed by atoms with E-state index in [4.69, 9.17) is 37.0 Å². The largest absolute Gasteiger partial charge is 0.472 e. The molecule has 0 aromatic heterocycles. The van der Waals surface area contributed by atoms with Crippen molar-refractivity contribution in [1.82, 2.24) is 0 Å². The molecule has 0 rings (SSSR count). The Labute approximate surface area is 543 Å². The van der Waals surface area contributed by atoms with E-state index in [1.54, 1.807) is 0 Å². The maximum atomic E-state index is 13.0. The summed E-state index contributed by atoms with van der Waals surface area (Å²) >= 11 is 0. The lowest BCUT2D eigenvalue weighted by atomic mass is 9.99. The Morgan fingerprint density at radius 3 is 0.798 bits per heavy atom. The molecule has 528 valence electrons. The molecule has 3 N–H and O–H groups in total. The van der Waals surface area contributed by atoms with Crippen LogP contribution in [0.5, 0.6) is 0 Å². The van der Waals surface area contributed by atoms with Crippen molar-refractivity contribution in [2.45, 2.75) is 363 Å². The molecule has 89 heavy (non-hydrogen) atoms. The minimum Gasteiger partial charge on any atom is -0.462 e. The van der Waals surface area contributed by atoms with Gasteiger partial charge in [-0.3, -0.25) is 37.3 Å². The van der Waals surface area contributed by atoms with Gasteiger partial charge in [-0.15, -0.1) is 0 Å². The Kier molecular flexibility index (Phi) is 58.5. The zero-order valence-corrected chi connectivity index (χ0v) is 59.8. The molecule has 17 nitrogen and oxygen atoms in total. The van der Waals surface area contributed by atoms with Crippen molar-refractivity contribution < 1.29 is 80.2 Å². The number of phosphoric ester groups is 2. The number of unbranched alkanes of at least 4 members (excludes halogenated alkanes) is 31. The van der Waals surface area contributed by atoms with Crippen molar-refractivity contribution in [3.8, 4) is 0 Å². The summed E-state index contributed by atoms with van der Waals surface area (Å²) in [6.07, 6.45) is 41.9. The van der Waals surface area contributed by atoms with Crippen LogP contribution in [0.1, 0.15) is 344 Å². The van der Waals surface area contributed by atoms with Gasteiger partial charge in [0, 0.05) is 25.7 Å². The summed E-state index contributed by atoms with van der Waals surface area (Å²) in [5.74, 6) is 0.859. The summed E-state index contributed by atoms with van der Waals surface area (Å²) in [6, 6.07) is 0. The normalized spacial score (nSPS) is 14.9. The third kappa shape index (κ3) is 62.0. The van der Waals surface area contributed by atoms with Crippen LogP contribution in [-0.2, 0) is 65.4 Å².